The summed E-state index contributed by atoms with van der Waals surface area (Å²) >= 11 is 6.34. The van der Waals surface area contributed by atoms with Crippen molar-refractivity contribution < 1.29 is 4.79 Å². The number of hydrogen-bond acceptors (Lipinski definition) is 1. The number of rotatable bonds is 2. The molecule has 0 bridgehead atoms. The zero-order valence-electron chi connectivity index (χ0n) is 10.0. The van der Waals surface area contributed by atoms with Crippen LogP contribution in [-0.2, 0) is 0 Å². The summed E-state index contributed by atoms with van der Waals surface area (Å²) in [4.78, 5) is 11.6. The van der Waals surface area contributed by atoms with Crippen molar-refractivity contribution in [3.63, 3.8) is 0 Å². The molecule has 0 aliphatic rings. The summed E-state index contributed by atoms with van der Waals surface area (Å²) < 4.78 is 1.83. The molecule has 0 saturated heterocycles. The van der Waals surface area contributed by atoms with Crippen molar-refractivity contribution in [2.45, 2.75) is 0 Å². The van der Waals surface area contributed by atoms with E-state index in [-0.39, 0.29) is 0 Å². The van der Waals surface area contributed by atoms with Crippen LogP contribution in [0.5, 0.6) is 0 Å². The molecule has 0 unspecified atom stereocenters. The zero-order valence-corrected chi connectivity index (χ0v) is 10.8. The van der Waals surface area contributed by atoms with Crippen LogP contribution in [0.4, 0.5) is 0 Å². The first-order valence-corrected chi connectivity index (χ1v) is 6.22. The highest BCUT2D eigenvalue weighted by molar-refractivity contribution is 6.35. The molecule has 1 aromatic heterocycles. The van der Waals surface area contributed by atoms with E-state index in [2.05, 4.69) is 0 Å². The molecule has 0 radical (unpaired) electrons. The normalized spacial score (nSPS) is 10.8. The van der Waals surface area contributed by atoms with Crippen molar-refractivity contribution in [2.24, 2.45) is 5.73 Å². The number of halogens is 1. The van der Waals surface area contributed by atoms with Crippen molar-refractivity contribution in [3.05, 3.63) is 65.3 Å². The highest BCUT2D eigenvalue weighted by Gasteiger charge is 2.19. The SMILES string of the molecule is NC(=O)c1c(Cl)n(-c2ccccc2)c2ccccc12. The van der Waals surface area contributed by atoms with Gasteiger partial charge in [0.05, 0.1) is 11.1 Å². The second-order valence-corrected chi connectivity index (χ2v) is 4.58. The first-order valence-electron chi connectivity index (χ1n) is 5.84. The lowest BCUT2D eigenvalue weighted by Gasteiger charge is -2.06. The van der Waals surface area contributed by atoms with Gasteiger partial charge in [-0.25, -0.2) is 0 Å². The van der Waals surface area contributed by atoms with Gasteiger partial charge in [0, 0.05) is 11.1 Å². The van der Waals surface area contributed by atoms with Crippen LogP contribution in [0.15, 0.2) is 54.6 Å². The minimum absolute atomic E-state index is 0.347. The Kier molecular flexibility index (Phi) is 2.76. The largest absolute Gasteiger partial charge is 0.365 e. The van der Waals surface area contributed by atoms with Gasteiger partial charge in [-0.2, -0.15) is 0 Å². The van der Waals surface area contributed by atoms with E-state index in [1.54, 1.807) is 0 Å². The molecule has 2 N–H and O–H groups in total. The van der Waals surface area contributed by atoms with Gasteiger partial charge in [-0.1, -0.05) is 48.0 Å². The third kappa shape index (κ3) is 1.79. The Hall–Kier alpha value is -2.26. The third-order valence-corrected chi connectivity index (χ3v) is 3.44. The summed E-state index contributed by atoms with van der Waals surface area (Å²) in [5.41, 5.74) is 7.56. The van der Waals surface area contributed by atoms with Gasteiger partial charge in [-0.05, 0) is 18.2 Å². The lowest BCUT2D eigenvalue weighted by molar-refractivity contribution is 0.100. The Balaban J connectivity index is 2.43. The highest BCUT2D eigenvalue weighted by atomic mass is 35.5. The molecule has 0 aliphatic carbocycles. The first-order chi connectivity index (χ1) is 9.20. The van der Waals surface area contributed by atoms with Gasteiger partial charge in [-0.15, -0.1) is 0 Å². The molecule has 0 fully saturated rings. The number of aromatic nitrogens is 1. The average Bonchev–Trinajstić information content (AvgIpc) is 2.71. The lowest BCUT2D eigenvalue weighted by atomic mass is 10.2. The van der Waals surface area contributed by atoms with E-state index >= 15 is 0 Å². The fourth-order valence-electron chi connectivity index (χ4n) is 2.27. The van der Waals surface area contributed by atoms with Crippen LogP contribution in [0.1, 0.15) is 10.4 Å². The van der Waals surface area contributed by atoms with Crippen LogP contribution in [0.3, 0.4) is 0 Å². The van der Waals surface area contributed by atoms with Crippen LogP contribution < -0.4 is 5.73 Å². The molecular weight excluding hydrogens is 260 g/mol. The van der Waals surface area contributed by atoms with E-state index < -0.39 is 5.91 Å². The van der Waals surface area contributed by atoms with Crippen LogP contribution in [0, 0.1) is 0 Å². The number of primary amides is 1. The number of amides is 1. The summed E-state index contributed by atoms with van der Waals surface area (Å²) in [6.45, 7) is 0. The quantitative estimate of drug-likeness (QED) is 0.762. The topological polar surface area (TPSA) is 48.0 Å². The molecule has 0 aliphatic heterocycles. The molecule has 0 atom stereocenters. The smallest absolute Gasteiger partial charge is 0.252 e. The van der Waals surface area contributed by atoms with Gasteiger partial charge in [0.1, 0.15) is 5.15 Å². The molecule has 3 rings (SSSR count). The van der Waals surface area contributed by atoms with Gasteiger partial charge in [0.15, 0.2) is 0 Å². The third-order valence-electron chi connectivity index (χ3n) is 3.08. The van der Waals surface area contributed by atoms with Crippen molar-refractivity contribution in [2.75, 3.05) is 0 Å². The number of benzene rings is 2. The molecule has 1 amide bonds. The van der Waals surface area contributed by atoms with Crippen molar-refractivity contribution in [1.82, 2.24) is 4.57 Å². The van der Waals surface area contributed by atoms with E-state index in [1.165, 1.54) is 0 Å². The second kappa shape index (κ2) is 4.44. The summed E-state index contributed by atoms with van der Waals surface area (Å²) in [7, 11) is 0. The van der Waals surface area contributed by atoms with Crippen LogP contribution in [0.2, 0.25) is 5.15 Å². The van der Waals surface area contributed by atoms with Gasteiger partial charge in [0.25, 0.3) is 5.91 Å². The fourth-order valence-corrected chi connectivity index (χ4v) is 2.66. The summed E-state index contributed by atoms with van der Waals surface area (Å²) in [5.74, 6) is -0.518. The molecule has 19 heavy (non-hydrogen) atoms. The standard InChI is InChI=1S/C15H11ClN2O/c16-14-13(15(17)19)11-8-4-5-9-12(11)18(14)10-6-2-1-3-7-10/h1-9H,(H2,17,19). The van der Waals surface area contributed by atoms with Gasteiger partial charge in [-0.3, -0.25) is 9.36 Å². The number of fused-ring (bicyclic) bond motifs is 1. The molecular formula is C15H11ClN2O. The molecule has 3 aromatic rings. The molecule has 4 heteroatoms. The number of nitrogens with two attached hydrogens (primary N) is 1. The average molecular weight is 271 g/mol. The van der Waals surface area contributed by atoms with Crippen molar-refractivity contribution in [1.29, 1.82) is 0 Å². The Morgan fingerprint density at radius 2 is 1.63 bits per heavy atom. The lowest BCUT2D eigenvalue weighted by Crippen LogP contribution is -2.11. The van der Waals surface area contributed by atoms with Crippen molar-refractivity contribution >= 4 is 28.4 Å². The molecule has 0 spiro atoms. The molecule has 3 nitrogen and oxygen atoms in total. The van der Waals surface area contributed by atoms with E-state index in [0.29, 0.717) is 10.7 Å². The van der Waals surface area contributed by atoms with Crippen LogP contribution in [0.25, 0.3) is 16.6 Å². The number of carbonyl (C=O) groups excluding carboxylic acids is 1. The summed E-state index contributed by atoms with van der Waals surface area (Å²) in [5, 5.41) is 1.11. The molecule has 94 valence electrons. The maximum atomic E-state index is 11.6. The van der Waals surface area contributed by atoms with E-state index in [9.17, 15) is 4.79 Å². The first kappa shape index (κ1) is 11.8. The minimum Gasteiger partial charge on any atom is -0.365 e. The van der Waals surface area contributed by atoms with E-state index in [4.69, 9.17) is 17.3 Å². The number of para-hydroxylation sites is 2. The number of nitrogens with zero attached hydrogens (tertiary/aromatic N) is 1. The highest BCUT2D eigenvalue weighted by Crippen LogP contribution is 2.32. The molecule has 2 aromatic carbocycles. The Morgan fingerprint density at radius 3 is 2.32 bits per heavy atom. The predicted molar refractivity (Wildman–Crippen MR) is 76.8 cm³/mol. The van der Waals surface area contributed by atoms with E-state index in [1.807, 2.05) is 59.2 Å². The molecule has 1 heterocycles. The fraction of sp³-hybridized carbons (Fsp3) is 0. The van der Waals surface area contributed by atoms with Crippen LogP contribution in [-0.4, -0.2) is 10.5 Å². The monoisotopic (exact) mass is 270 g/mol. The Bertz CT molecular complexity index is 762. The van der Waals surface area contributed by atoms with Gasteiger partial charge in [0.2, 0.25) is 0 Å². The van der Waals surface area contributed by atoms with Crippen LogP contribution >= 0.6 is 11.6 Å². The number of hydrogen-bond donors (Lipinski definition) is 1. The maximum Gasteiger partial charge on any atom is 0.252 e. The Labute approximate surface area is 115 Å². The van der Waals surface area contributed by atoms with Gasteiger partial charge >= 0.3 is 0 Å². The predicted octanol–water partition coefficient (Wildman–Crippen LogP) is 3.38. The Morgan fingerprint density at radius 1 is 1.00 bits per heavy atom. The van der Waals surface area contributed by atoms with E-state index in [0.717, 1.165) is 16.6 Å². The van der Waals surface area contributed by atoms with Crippen molar-refractivity contribution in [3.8, 4) is 5.69 Å². The number of carbonyl (C=O) groups is 1. The van der Waals surface area contributed by atoms with Gasteiger partial charge < -0.3 is 5.73 Å². The second-order valence-electron chi connectivity index (χ2n) is 4.22. The minimum atomic E-state index is -0.518. The zero-order chi connectivity index (χ0) is 13.4. The summed E-state index contributed by atoms with van der Waals surface area (Å²) in [6, 6.07) is 17.2. The molecule has 0 saturated carbocycles. The maximum absolute atomic E-state index is 11.6. The summed E-state index contributed by atoms with van der Waals surface area (Å²) in [6.07, 6.45) is 0.